The highest BCUT2D eigenvalue weighted by Crippen LogP contribution is 2.28. The highest BCUT2D eigenvalue weighted by molar-refractivity contribution is 5.61. The Kier molecular flexibility index (Phi) is 11.9. The van der Waals surface area contributed by atoms with Gasteiger partial charge in [0, 0.05) is 37.6 Å². The van der Waals surface area contributed by atoms with E-state index in [0.29, 0.717) is 37.6 Å². The minimum Gasteiger partial charge on any atom is -0.384 e. The molecule has 0 amide bonds. The Hall–Kier alpha value is -2.28. The number of aliphatic hydroxyl groups excluding tert-OH is 1. The highest BCUT2D eigenvalue weighted by Gasteiger charge is 2.30. The summed E-state index contributed by atoms with van der Waals surface area (Å²) in [4.78, 5) is 0. The van der Waals surface area contributed by atoms with Gasteiger partial charge in [-0.05, 0) is 51.0 Å². The van der Waals surface area contributed by atoms with Gasteiger partial charge in [-0.1, -0.05) is 60.7 Å². The minimum atomic E-state index is -1.04. The third kappa shape index (κ3) is 8.01. The van der Waals surface area contributed by atoms with Crippen molar-refractivity contribution in [1.29, 1.82) is 0 Å². The summed E-state index contributed by atoms with van der Waals surface area (Å²) in [7, 11) is 0. The van der Waals surface area contributed by atoms with Crippen molar-refractivity contribution >= 4 is 12.2 Å². The van der Waals surface area contributed by atoms with E-state index in [0.717, 1.165) is 11.1 Å². The standard InChI is InChI=1S/C27H36O5/c1-5-29-26(30-6-2)23(19-21-15-11-9-12-16-21)25(28)24(27(31-7-3)32-8-4)20-22-17-13-10-14-18-22/h9-20,25-28H,5-8H2,1-4H3/b23-19+,24-20+. The first-order valence-electron chi connectivity index (χ1n) is 11.3. The molecule has 0 bridgehead atoms. The molecule has 0 fully saturated rings. The van der Waals surface area contributed by atoms with Gasteiger partial charge in [0.05, 0.1) is 0 Å². The van der Waals surface area contributed by atoms with E-state index in [1.807, 2.05) is 101 Å². The molecule has 0 aliphatic heterocycles. The zero-order valence-corrected chi connectivity index (χ0v) is 19.6. The molecule has 5 heteroatoms. The van der Waals surface area contributed by atoms with Crippen LogP contribution in [0.15, 0.2) is 71.8 Å². The summed E-state index contributed by atoms with van der Waals surface area (Å²) in [6.45, 7) is 9.40. The van der Waals surface area contributed by atoms with Crippen LogP contribution < -0.4 is 0 Å². The highest BCUT2D eigenvalue weighted by atomic mass is 16.7. The van der Waals surface area contributed by atoms with E-state index < -0.39 is 18.7 Å². The Morgan fingerprint density at radius 1 is 0.625 bits per heavy atom. The Balaban J connectivity index is 2.59. The molecule has 0 saturated heterocycles. The fraction of sp³-hybridized carbons (Fsp3) is 0.407. The lowest BCUT2D eigenvalue weighted by Crippen LogP contribution is -2.34. The fourth-order valence-electron chi connectivity index (χ4n) is 3.31. The van der Waals surface area contributed by atoms with Crippen LogP contribution in [0.2, 0.25) is 0 Å². The zero-order valence-electron chi connectivity index (χ0n) is 19.6. The largest absolute Gasteiger partial charge is 0.384 e. The topological polar surface area (TPSA) is 57.2 Å². The third-order valence-corrected chi connectivity index (χ3v) is 4.71. The molecule has 5 nitrogen and oxygen atoms in total. The first-order valence-corrected chi connectivity index (χ1v) is 11.3. The summed E-state index contributed by atoms with van der Waals surface area (Å²) in [6.07, 6.45) is 1.37. The summed E-state index contributed by atoms with van der Waals surface area (Å²) in [5.41, 5.74) is 3.06. The van der Waals surface area contributed by atoms with Gasteiger partial charge in [-0.15, -0.1) is 0 Å². The van der Waals surface area contributed by atoms with Crippen molar-refractivity contribution in [3.63, 3.8) is 0 Å². The van der Waals surface area contributed by atoms with E-state index in [-0.39, 0.29) is 0 Å². The zero-order chi connectivity index (χ0) is 23.2. The van der Waals surface area contributed by atoms with Crippen LogP contribution in [0.3, 0.4) is 0 Å². The maximum Gasteiger partial charge on any atom is 0.182 e. The molecule has 0 spiro atoms. The van der Waals surface area contributed by atoms with Crippen LogP contribution in [0.25, 0.3) is 12.2 Å². The van der Waals surface area contributed by atoms with E-state index in [4.69, 9.17) is 18.9 Å². The van der Waals surface area contributed by atoms with Crippen LogP contribution in [-0.4, -0.2) is 50.2 Å². The average Bonchev–Trinajstić information content (AvgIpc) is 2.82. The van der Waals surface area contributed by atoms with Crippen LogP contribution >= 0.6 is 0 Å². The Labute approximate surface area is 192 Å². The van der Waals surface area contributed by atoms with E-state index in [1.165, 1.54) is 0 Å². The Bertz CT molecular complexity index is 735. The molecule has 0 unspecified atom stereocenters. The minimum absolute atomic E-state index is 0.446. The molecule has 2 aromatic rings. The van der Waals surface area contributed by atoms with E-state index in [9.17, 15) is 5.11 Å². The van der Waals surface area contributed by atoms with Gasteiger partial charge in [-0.3, -0.25) is 0 Å². The van der Waals surface area contributed by atoms with Crippen LogP contribution in [0.1, 0.15) is 38.8 Å². The van der Waals surface area contributed by atoms with Crippen molar-refractivity contribution in [1.82, 2.24) is 0 Å². The van der Waals surface area contributed by atoms with E-state index >= 15 is 0 Å². The predicted octanol–water partition coefficient (Wildman–Crippen LogP) is 5.31. The lowest BCUT2D eigenvalue weighted by Gasteiger charge is -2.29. The summed E-state index contributed by atoms with van der Waals surface area (Å²) in [5, 5.41) is 11.7. The Morgan fingerprint density at radius 3 is 1.22 bits per heavy atom. The molecular weight excluding hydrogens is 404 g/mol. The summed E-state index contributed by atoms with van der Waals surface area (Å²) in [6, 6.07) is 19.6. The molecule has 0 radical (unpaired) electrons. The molecule has 0 aliphatic carbocycles. The molecule has 0 atom stereocenters. The first kappa shape index (κ1) is 26.0. The number of aliphatic hydroxyl groups is 1. The third-order valence-electron chi connectivity index (χ3n) is 4.71. The van der Waals surface area contributed by atoms with E-state index in [1.54, 1.807) is 0 Å². The number of hydrogen-bond donors (Lipinski definition) is 1. The van der Waals surface area contributed by atoms with Gasteiger partial charge in [0.25, 0.3) is 0 Å². The number of benzene rings is 2. The molecule has 2 aromatic carbocycles. The van der Waals surface area contributed by atoms with Crippen molar-refractivity contribution in [3.05, 3.63) is 82.9 Å². The van der Waals surface area contributed by atoms with Crippen LogP contribution in [0, 0.1) is 0 Å². The quantitative estimate of drug-likeness (QED) is 0.403. The van der Waals surface area contributed by atoms with Gasteiger partial charge in [-0.2, -0.15) is 0 Å². The number of hydrogen-bond acceptors (Lipinski definition) is 5. The fourth-order valence-corrected chi connectivity index (χ4v) is 3.31. The molecule has 0 aromatic heterocycles. The smallest absolute Gasteiger partial charge is 0.182 e. The molecule has 0 aliphatic rings. The van der Waals surface area contributed by atoms with Gasteiger partial charge >= 0.3 is 0 Å². The predicted molar refractivity (Wildman–Crippen MR) is 129 cm³/mol. The lowest BCUT2D eigenvalue weighted by atomic mass is 9.96. The average molecular weight is 441 g/mol. The SMILES string of the molecule is CCOC(OCC)/C(=C/c1ccccc1)C(O)/C(=C\c1ccccc1)C(OCC)OCC. The maximum atomic E-state index is 11.7. The summed E-state index contributed by atoms with van der Waals surface area (Å²) < 4.78 is 23.5. The van der Waals surface area contributed by atoms with Crippen molar-refractivity contribution in [2.45, 2.75) is 46.4 Å². The van der Waals surface area contributed by atoms with Crippen molar-refractivity contribution in [3.8, 4) is 0 Å². The second-order valence-corrected chi connectivity index (χ2v) is 7.00. The second kappa shape index (κ2) is 14.7. The van der Waals surface area contributed by atoms with Gasteiger partial charge < -0.3 is 24.1 Å². The molecule has 0 heterocycles. The van der Waals surface area contributed by atoms with Crippen molar-refractivity contribution in [2.75, 3.05) is 26.4 Å². The number of ether oxygens (including phenoxy) is 4. The number of rotatable bonds is 14. The summed E-state index contributed by atoms with van der Waals surface area (Å²) in [5.74, 6) is 0. The molecular formula is C27H36O5. The van der Waals surface area contributed by atoms with Crippen LogP contribution in [-0.2, 0) is 18.9 Å². The molecule has 1 N–H and O–H groups in total. The lowest BCUT2D eigenvalue weighted by molar-refractivity contribution is -0.130. The maximum absolute atomic E-state index is 11.7. The van der Waals surface area contributed by atoms with Crippen molar-refractivity contribution < 1.29 is 24.1 Å². The van der Waals surface area contributed by atoms with Crippen LogP contribution in [0.5, 0.6) is 0 Å². The molecule has 32 heavy (non-hydrogen) atoms. The van der Waals surface area contributed by atoms with Gasteiger partial charge in [0.2, 0.25) is 0 Å². The normalized spacial score (nSPS) is 13.7. The molecule has 2 rings (SSSR count). The van der Waals surface area contributed by atoms with Gasteiger partial charge in [0.1, 0.15) is 6.10 Å². The van der Waals surface area contributed by atoms with E-state index in [2.05, 4.69) is 0 Å². The van der Waals surface area contributed by atoms with Gasteiger partial charge in [-0.25, -0.2) is 0 Å². The van der Waals surface area contributed by atoms with Crippen LogP contribution in [0.4, 0.5) is 0 Å². The second-order valence-electron chi connectivity index (χ2n) is 7.00. The monoisotopic (exact) mass is 440 g/mol. The Morgan fingerprint density at radius 2 is 0.938 bits per heavy atom. The van der Waals surface area contributed by atoms with Gasteiger partial charge in [0.15, 0.2) is 12.6 Å². The van der Waals surface area contributed by atoms with Crippen molar-refractivity contribution in [2.24, 2.45) is 0 Å². The first-order chi connectivity index (χ1) is 15.6. The molecule has 0 saturated carbocycles. The molecule has 174 valence electrons. The summed E-state index contributed by atoms with van der Waals surface area (Å²) >= 11 is 0.